The van der Waals surface area contributed by atoms with Crippen molar-refractivity contribution in [3.8, 4) is 0 Å². The maximum Gasteiger partial charge on any atom is 0.325 e. The first-order chi connectivity index (χ1) is 7.99. The molecule has 1 rings (SSSR count). The summed E-state index contributed by atoms with van der Waals surface area (Å²) in [7, 11) is 0. The van der Waals surface area contributed by atoms with E-state index in [1.807, 2.05) is 24.3 Å². The van der Waals surface area contributed by atoms with Gasteiger partial charge >= 0.3 is 12.0 Å². The van der Waals surface area contributed by atoms with Crippen LogP contribution in [0.1, 0.15) is 12.5 Å². The smallest absolute Gasteiger partial charge is 0.325 e. The molecule has 5 nitrogen and oxygen atoms in total. The van der Waals surface area contributed by atoms with Crippen molar-refractivity contribution in [3.63, 3.8) is 0 Å². The third kappa shape index (κ3) is 5.03. The SMILES string of the molecule is CC(NC(=O)NCc1ccc(I)cc1)C(=O)O. The van der Waals surface area contributed by atoms with Crippen LogP contribution in [0.25, 0.3) is 0 Å². The number of aliphatic carboxylic acids is 1. The van der Waals surface area contributed by atoms with E-state index in [-0.39, 0.29) is 0 Å². The minimum atomic E-state index is -1.06. The zero-order valence-electron chi connectivity index (χ0n) is 9.24. The molecule has 92 valence electrons. The molecule has 0 saturated heterocycles. The van der Waals surface area contributed by atoms with E-state index in [9.17, 15) is 9.59 Å². The Morgan fingerprint density at radius 1 is 1.35 bits per heavy atom. The number of rotatable bonds is 4. The summed E-state index contributed by atoms with van der Waals surface area (Å²) in [5.74, 6) is -1.06. The van der Waals surface area contributed by atoms with Gasteiger partial charge in [0.2, 0.25) is 0 Å². The number of hydrogen-bond donors (Lipinski definition) is 3. The Bertz CT molecular complexity index is 406. The molecule has 1 aromatic carbocycles. The quantitative estimate of drug-likeness (QED) is 0.723. The van der Waals surface area contributed by atoms with Crippen LogP contribution in [0, 0.1) is 3.57 Å². The molecule has 1 atom stereocenters. The average Bonchev–Trinajstić information content (AvgIpc) is 2.28. The third-order valence-corrected chi connectivity index (χ3v) is 2.80. The van der Waals surface area contributed by atoms with Gasteiger partial charge in [-0.15, -0.1) is 0 Å². The summed E-state index contributed by atoms with van der Waals surface area (Å²) in [6.45, 7) is 1.78. The lowest BCUT2D eigenvalue weighted by atomic mass is 10.2. The second kappa shape index (κ2) is 6.43. The zero-order chi connectivity index (χ0) is 12.8. The van der Waals surface area contributed by atoms with Crippen molar-refractivity contribution in [2.75, 3.05) is 0 Å². The fourth-order valence-electron chi connectivity index (χ4n) is 1.09. The second-order valence-corrected chi connectivity index (χ2v) is 4.76. The van der Waals surface area contributed by atoms with Crippen LogP contribution in [-0.2, 0) is 11.3 Å². The lowest BCUT2D eigenvalue weighted by Gasteiger charge is -2.10. The minimum absolute atomic E-state index is 0.370. The van der Waals surface area contributed by atoms with Gasteiger partial charge < -0.3 is 15.7 Å². The van der Waals surface area contributed by atoms with E-state index >= 15 is 0 Å². The molecule has 0 spiro atoms. The number of carboxylic acid groups (broad SMARTS) is 1. The molecular formula is C11H13IN2O3. The van der Waals surface area contributed by atoms with Gasteiger partial charge in [-0.3, -0.25) is 4.79 Å². The fraction of sp³-hybridized carbons (Fsp3) is 0.273. The summed E-state index contributed by atoms with van der Waals surface area (Å²) in [5.41, 5.74) is 0.962. The molecule has 0 aliphatic rings. The molecule has 6 heteroatoms. The number of benzene rings is 1. The van der Waals surface area contributed by atoms with E-state index in [4.69, 9.17) is 5.11 Å². The molecule has 0 fully saturated rings. The van der Waals surface area contributed by atoms with E-state index in [1.165, 1.54) is 6.92 Å². The Balaban J connectivity index is 2.38. The van der Waals surface area contributed by atoms with Crippen LogP contribution >= 0.6 is 22.6 Å². The lowest BCUT2D eigenvalue weighted by Crippen LogP contribution is -2.44. The predicted molar refractivity (Wildman–Crippen MR) is 71.6 cm³/mol. The topological polar surface area (TPSA) is 78.4 Å². The molecule has 0 aromatic heterocycles. The fourth-order valence-corrected chi connectivity index (χ4v) is 1.45. The zero-order valence-corrected chi connectivity index (χ0v) is 11.4. The molecule has 0 aliphatic carbocycles. The van der Waals surface area contributed by atoms with Gasteiger partial charge in [0.1, 0.15) is 6.04 Å². The van der Waals surface area contributed by atoms with Crippen molar-refractivity contribution in [2.24, 2.45) is 0 Å². The van der Waals surface area contributed by atoms with Gasteiger partial charge in [-0.1, -0.05) is 12.1 Å². The second-order valence-electron chi connectivity index (χ2n) is 3.51. The molecule has 2 amide bonds. The minimum Gasteiger partial charge on any atom is -0.480 e. The van der Waals surface area contributed by atoms with Gasteiger partial charge in [0.25, 0.3) is 0 Å². The molecule has 1 aromatic rings. The van der Waals surface area contributed by atoms with Crippen molar-refractivity contribution >= 4 is 34.6 Å². The summed E-state index contributed by atoms with van der Waals surface area (Å²) in [4.78, 5) is 21.8. The van der Waals surface area contributed by atoms with E-state index < -0.39 is 18.0 Å². The summed E-state index contributed by atoms with van der Waals surface area (Å²) in [6.07, 6.45) is 0. The van der Waals surface area contributed by atoms with Crippen molar-refractivity contribution in [2.45, 2.75) is 19.5 Å². The maximum atomic E-state index is 11.3. The number of carbonyl (C=O) groups excluding carboxylic acids is 1. The van der Waals surface area contributed by atoms with Gasteiger partial charge in [0.15, 0.2) is 0 Å². The van der Waals surface area contributed by atoms with Gasteiger partial charge in [0.05, 0.1) is 0 Å². The van der Waals surface area contributed by atoms with Gasteiger partial charge in [-0.05, 0) is 47.2 Å². The number of carbonyl (C=O) groups is 2. The van der Waals surface area contributed by atoms with Crippen LogP contribution in [0.15, 0.2) is 24.3 Å². The monoisotopic (exact) mass is 348 g/mol. The lowest BCUT2D eigenvalue weighted by molar-refractivity contribution is -0.138. The highest BCUT2D eigenvalue weighted by molar-refractivity contribution is 14.1. The summed E-state index contributed by atoms with van der Waals surface area (Å²) in [5, 5.41) is 13.5. The maximum absolute atomic E-state index is 11.3. The number of amides is 2. The Labute approximate surface area is 113 Å². The molecule has 1 unspecified atom stereocenters. The standard InChI is InChI=1S/C11H13IN2O3/c1-7(10(15)16)14-11(17)13-6-8-2-4-9(12)5-3-8/h2-5,7H,6H2,1H3,(H,15,16)(H2,13,14,17). The first-order valence-corrected chi connectivity index (χ1v) is 6.08. The molecule has 0 saturated carbocycles. The van der Waals surface area contributed by atoms with Crippen molar-refractivity contribution in [3.05, 3.63) is 33.4 Å². The Kier molecular flexibility index (Phi) is 5.20. The van der Waals surface area contributed by atoms with Gasteiger partial charge in [-0.2, -0.15) is 0 Å². The summed E-state index contributed by atoms with van der Waals surface area (Å²) < 4.78 is 1.12. The normalized spacial score (nSPS) is 11.6. The van der Waals surface area contributed by atoms with E-state index in [1.54, 1.807) is 0 Å². The molecule has 0 bridgehead atoms. The molecular weight excluding hydrogens is 335 g/mol. The first kappa shape index (κ1) is 13.8. The van der Waals surface area contributed by atoms with Crippen molar-refractivity contribution in [1.82, 2.24) is 10.6 Å². The number of urea groups is 1. The van der Waals surface area contributed by atoms with Crippen LogP contribution < -0.4 is 10.6 Å². The van der Waals surface area contributed by atoms with Crippen LogP contribution in [0.3, 0.4) is 0 Å². The predicted octanol–water partition coefficient (Wildman–Crippen LogP) is 1.56. The summed E-state index contributed by atoms with van der Waals surface area (Å²) >= 11 is 2.20. The average molecular weight is 348 g/mol. The number of nitrogens with one attached hydrogen (secondary N) is 2. The van der Waals surface area contributed by atoms with Gasteiger partial charge in [0, 0.05) is 10.1 Å². The number of halogens is 1. The van der Waals surface area contributed by atoms with E-state index in [0.717, 1.165) is 9.13 Å². The molecule has 0 aliphatic heterocycles. The van der Waals surface area contributed by atoms with E-state index in [2.05, 4.69) is 33.2 Å². The van der Waals surface area contributed by atoms with Crippen LogP contribution in [0.5, 0.6) is 0 Å². The highest BCUT2D eigenvalue weighted by atomic mass is 127. The highest BCUT2D eigenvalue weighted by Crippen LogP contribution is 2.06. The van der Waals surface area contributed by atoms with Crippen molar-refractivity contribution in [1.29, 1.82) is 0 Å². The Morgan fingerprint density at radius 2 is 1.94 bits per heavy atom. The van der Waals surface area contributed by atoms with Crippen LogP contribution in [-0.4, -0.2) is 23.1 Å². The van der Waals surface area contributed by atoms with Crippen LogP contribution in [0.2, 0.25) is 0 Å². The molecule has 0 radical (unpaired) electrons. The largest absolute Gasteiger partial charge is 0.480 e. The molecule has 0 heterocycles. The molecule has 17 heavy (non-hydrogen) atoms. The van der Waals surface area contributed by atoms with Crippen LogP contribution in [0.4, 0.5) is 4.79 Å². The van der Waals surface area contributed by atoms with Gasteiger partial charge in [-0.25, -0.2) is 4.79 Å². The van der Waals surface area contributed by atoms with Crippen molar-refractivity contribution < 1.29 is 14.7 Å². The number of carboxylic acids is 1. The Hall–Kier alpha value is -1.31. The van der Waals surface area contributed by atoms with E-state index in [0.29, 0.717) is 6.54 Å². The third-order valence-electron chi connectivity index (χ3n) is 2.08. The highest BCUT2D eigenvalue weighted by Gasteiger charge is 2.12. The molecule has 3 N–H and O–H groups in total. The first-order valence-electron chi connectivity index (χ1n) is 5.00. The summed E-state index contributed by atoms with van der Waals surface area (Å²) in [6, 6.07) is 6.31. The number of hydrogen-bond acceptors (Lipinski definition) is 2. The Morgan fingerprint density at radius 3 is 2.47 bits per heavy atom.